The number of halogens is 3. The third-order valence-corrected chi connectivity index (χ3v) is 4.03. The van der Waals surface area contributed by atoms with Gasteiger partial charge in [0.1, 0.15) is 0 Å². The standard InChI is InChI=1S/C9H11ClF2/c1-8-4-9(8,2)6(8)3-5(10)7(11)12/h3,6-7H,4H2,1-2H3. The van der Waals surface area contributed by atoms with Gasteiger partial charge >= 0.3 is 0 Å². The van der Waals surface area contributed by atoms with E-state index in [2.05, 4.69) is 13.8 Å². The molecule has 0 saturated heterocycles. The molecule has 2 atom stereocenters. The molecule has 2 rings (SSSR count). The maximum Gasteiger partial charge on any atom is 0.273 e. The fraction of sp³-hybridized carbons (Fsp3) is 0.778. The summed E-state index contributed by atoms with van der Waals surface area (Å²) >= 11 is 5.37. The number of hydrogen-bond acceptors (Lipinski definition) is 0. The van der Waals surface area contributed by atoms with Gasteiger partial charge in [-0.05, 0) is 23.2 Å². The molecular formula is C9H11ClF2. The quantitative estimate of drug-likeness (QED) is 0.629. The van der Waals surface area contributed by atoms with E-state index in [4.69, 9.17) is 11.6 Å². The Labute approximate surface area is 75.6 Å². The molecule has 0 bridgehead atoms. The maximum absolute atomic E-state index is 12.0. The van der Waals surface area contributed by atoms with Crippen molar-refractivity contribution in [3.05, 3.63) is 11.1 Å². The summed E-state index contributed by atoms with van der Waals surface area (Å²) in [7, 11) is 0. The molecule has 2 fully saturated rings. The van der Waals surface area contributed by atoms with Crippen molar-refractivity contribution in [2.75, 3.05) is 0 Å². The summed E-state index contributed by atoms with van der Waals surface area (Å²) in [6.07, 6.45) is 0.198. The molecule has 12 heavy (non-hydrogen) atoms. The van der Waals surface area contributed by atoms with Gasteiger partial charge in [0.15, 0.2) is 0 Å². The van der Waals surface area contributed by atoms with Gasteiger partial charge in [0.05, 0.1) is 5.03 Å². The number of rotatable bonds is 2. The first kappa shape index (κ1) is 8.49. The molecule has 3 heteroatoms. The zero-order valence-corrected chi connectivity index (χ0v) is 7.83. The highest BCUT2D eigenvalue weighted by Gasteiger charge is 2.84. The van der Waals surface area contributed by atoms with Gasteiger partial charge < -0.3 is 0 Å². The molecule has 68 valence electrons. The average Bonchev–Trinajstić information content (AvgIpc) is 2.65. The summed E-state index contributed by atoms with van der Waals surface area (Å²) in [5.74, 6) is 0.298. The van der Waals surface area contributed by atoms with Gasteiger partial charge in [-0.2, -0.15) is 0 Å². The van der Waals surface area contributed by atoms with Gasteiger partial charge in [-0.3, -0.25) is 0 Å². The summed E-state index contributed by atoms with van der Waals surface area (Å²) in [5, 5.41) is -0.283. The maximum atomic E-state index is 12.0. The van der Waals surface area contributed by atoms with E-state index in [1.165, 1.54) is 6.08 Å². The zero-order valence-electron chi connectivity index (χ0n) is 7.07. The largest absolute Gasteiger partial charge is 0.273 e. The van der Waals surface area contributed by atoms with E-state index >= 15 is 0 Å². The van der Waals surface area contributed by atoms with Crippen molar-refractivity contribution in [1.82, 2.24) is 0 Å². The number of fused-ring (bicyclic) bond motifs is 1. The van der Waals surface area contributed by atoms with Crippen LogP contribution in [-0.4, -0.2) is 6.43 Å². The Balaban J connectivity index is 2.04. The van der Waals surface area contributed by atoms with Crippen molar-refractivity contribution in [3.8, 4) is 0 Å². The van der Waals surface area contributed by atoms with Crippen molar-refractivity contribution < 1.29 is 8.78 Å². The van der Waals surface area contributed by atoms with Crippen molar-refractivity contribution in [1.29, 1.82) is 0 Å². The lowest BCUT2D eigenvalue weighted by Crippen LogP contribution is -1.98. The van der Waals surface area contributed by atoms with Gasteiger partial charge in [-0.1, -0.05) is 31.5 Å². The van der Waals surface area contributed by atoms with E-state index in [9.17, 15) is 8.78 Å². The molecule has 0 nitrogen and oxygen atoms in total. The molecule has 0 amide bonds. The zero-order chi connectivity index (χ0) is 9.15. The second-order valence-electron chi connectivity index (χ2n) is 4.34. The highest BCUT2D eigenvalue weighted by atomic mass is 35.5. The van der Waals surface area contributed by atoms with Crippen LogP contribution in [0.4, 0.5) is 8.78 Å². The van der Waals surface area contributed by atoms with Crippen molar-refractivity contribution >= 4 is 11.6 Å². The van der Waals surface area contributed by atoms with Crippen LogP contribution in [0, 0.1) is 16.7 Å². The van der Waals surface area contributed by atoms with Crippen LogP contribution in [0.25, 0.3) is 0 Å². The summed E-state index contributed by atoms with van der Waals surface area (Å²) in [6, 6.07) is 0. The predicted molar refractivity (Wildman–Crippen MR) is 44.3 cm³/mol. The molecule has 0 radical (unpaired) electrons. The van der Waals surface area contributed by atoms with E-state index in [0.717, 1.165) is 6.42 Å². The van der Waals surface area contributed by atoms with Crippen LogP contribution in [0.5, 0.6) is 0 Å². The first-order valence-corrected chi connectivity index (χ1v) is 4.45. The van der Waals surface area contributed by atoms with Crippen LogP contribution in [0.2, 0.25) is 0 Å². The van der Waals surface area contributed by atoms with E-state index in [1.54, 1.807) is 0 Å². The van der Waals surface area contributed by atoms with E-state index in [1.807, 2.05) is 0 Å². The molecule has 2 aliphatic rings. The summed E-state index contributed by atoms with van der Waals surface area (Å²) in [4.78, 5) is 0. The first-order valence-electron chi connectivity index (χ1n) is 4.07. The van der Waals surface area contributed by atoms with Crippen LogP contribution in [-0.2, 0) is 0 Å². The molecule has 0 heterocycles. The Bertz CT molecular complexity index is 247. The minimum atomic E-state index is -2.50. The lowest BCUT2D eigenvalue weighted by atomic mass is 10.0. The average molecular weight is 193 g/mol. The Hall–Kier alpha value is -0.110. The molecule has 0 spiro atoms. The topological polar surface area (TPSA) is 0 Å². The summed E-state index contributed by atoms with van der Waals surface area (Å²) in [5.41, 5.74) is 0.587. The van der Waals surface area contributed by atoms with Crippen LogP contribution in [0.1, 0.15) is 20.3 Å². The summed E-state index contributed by atoms with van der Waals surface area (Å²) < 4.78 is 24.0. The molecule has 2 unspecified atom stereocenters. The van der Waals surface area contributed by atoms with Crippen molar-refractivity contribution in [2.24, 2.45) is 16.7 Å². The third-order valence-electron chi connectivity index (χ3n) is 3.74. The number of hydrogen-bond donors (Lipinski definition) is 0. The second kappa shape index (κ2) is 2.03. The van der Waals surface area contributed by atoms with Gasteiger partial charge in [0.25, 0.3) is 6.43 Å². The smallest absolute Gasteiger partial charge is 0.204 e. The summed E-state index contributed by atoms with van der Waals surface area (Å²) in [6.45, 7) is 4.26. The van der Waals surface area contributed by atoms with Crippen LogP contribution < -0.4 is 0 Å². The molecule has 0 aromatic carbocycles. The van der Waals surface area contributed by atoms with Crippen LogP contribution >= 0.6 is 11.6 Å². The van der Waals surface area contributed by atoms with Gasteiger partial charge in [0, 0.05) is 0 Å². The Kier molecular flexibility index (Phi) is 1.44. The Morgan fingerprint density at radius 1 is 1.50 bits per heavy atom. The number of alkyl halides is 2. The van der Waals surface area contributed by atoms with E-state index in [0.29, 0.717) is 16.7 Å². The molecule has 0 aliphatic heterocycles. The van der Waals surface area contributed by atoms with Gasteiger partial charge in [-0.25, -0.2) is 8.78 Å². The lowest BCUT2D eigenvalue weighted by molar-refractivity contribution is 0.198. The number of allylic oxidation sites excluding steroid dienone is 2. The van der Waals surface area contributed by atoms with Crippen molar-refractivity contribution in [3.63, 3.8) is 0 Å². The lowest BCUT2D eigenvalue weighted by Gasteiger charge is -2.05. The minimum absolute atomic E-state index is 0.283. The molecule has 2 aliphatic carbocycles. The van der Waals surface area contributed by atoms with E-state index < -0.39 is 6.43 Å². The highest BCUT2D eigenvalue weighted by molar-refractivity contribution is 6.30. The highest BCUT2D eigenvalue weighted by Crippen LogP contribution is 2.90. The van der Waals surface area contributed by atoms with Gasteiger partial charge in [0.2, 0.25) is 0 Å². The van der Waals surface area contributed by atoms with Crippen LogP contribution in [0.15, 0.2) is 11.1 Å². The fourth-order valence-electron chi connectivity index (χ4n) is 2.41. The second-order valence-corrected chi connectivity index (χ2v) is 4.78. The Morgan fingerprint density at radius 2 is 2.00 bits per heavy atom. The third kappa shape index (κ3) is 0.819. The normalized spacial score (nSPS) is 50.8. The predicted octanol–water partition coefficient (Wildman–Crippen LogP) is 3.42. The minimum Gasteiger partial charge on any atom is -0.204 e. The fourth-order valence-corrected chi connectivity index (χ4v) is 2.53. The molecule has 0 aromatic rings. The molecule has 0 N–H and O–H groups in total. The molecular weight excluding hydrogens is 182 g/mol. The SMILES string of the molecule is CC12CC1(C)C2C=C(Cl)C(F)F. The van der Waals surface area contributed by atoms with Crippen molar-refractivity contribution in [2.45, 2.75) is 26.7 Å². The molecule has 2 saturated carbocycles. The van der Waals surface area contributed by atoms with Crippen LogP contribution in [0.3, 0.4) is 0 Å². The van der Waals surface area contributed by atoms with Gasteiger partial charge in [-0.15, -0.1) is 0 Å². The first-order chi connectivity index (χ1) is 5.42. The monoisotopic (exact) mass is 192 g/mol. The Morgan fingerprint density at radius 3 is 2.25 bits per heavy atom. The molecule has 0 aromatic heterocycles. The van der Waals surface area contributed by atoms with E-state index in [-0.39, 0.29) is 5.03 Å².